The van der Waals surface area contributed by atoms with Crippen molar-refractivity contribution in [1.82, 2.24) is 5.32 Å². The number of nitriles is 1. The number of nitrogens with one attached hydrogen (secondary N) is 1. The van der Waals surface area contributed by atoms with E-state index in [1.165, 1.54) is 0 Å². The molecule has 5 heteroatoms. The average molecular weight is 310 g/mol. The number of aryl methyl sites for hydroxylation is 1. The number of ether oxygens (including phenoxy) is 1. The molecule has 0 radical (unpaired) electrons. The molecule has 2 rings (SSSR count). The van der Waals surface area contributed by atoms with Crippen LogP contribution in [-0.2, 0) is 6.42 Å². The van der Waals surface area contributed by atoms with Gasteiger partial charge in [0.05, 0.1) is 17.4 Å². The van der Waals surface area contributed by atoms with Gasteiger partial charge >= 0.3 is 0 Å². The third kappa shape index (κ3) is 4.26. The molecule has 0 saturated carbocycles. The van der Waals surface area contributed by atoms with E-state index >= 15 is 0 Å². The lowest BCUT2D eigenvalue weighted by atomic mass is 10.0. The van der Waals surface area contributed by atoms with Gasteiger partial charge in [0, 0.05) is 32.2 Å². The summed E-state index contributed by atoms with van der Waals surface area (Å²) in [6.07, 6.45) is 0.987. The molecule has 1 fully saturated rings. The van der Waals surface area contributed by atoms with Crippen LogP contribution in [0.1, 0.15) is 31.9 Å². The van der Waals surface area contributed by atoms with E-state index in [0.29, 0.717) is 0 Å². The van der Waals surface area contributed by atoms with Gasteiger partial charge in [-0.2, -0.15) is 5.26 Å². The summed E-state index contributed by atoms with van der Waals surface area (Å²) in [5, 5.41) is 12.8. The Hall–Kier alpha value is -1.44. The van der Waals surface area contributed by atoms with Crippen molar-refractivity contribution < 1.29 is 4.74 Å². The van der Waals surface area contributed by atoms with Crippen LogP contribution in [0.25, 0.3) is 0 Å². The number of piperazine rings is 1. The predicted molar refractivity (Wildman–Crippen MR) is 88.6 cm³/mol. The summed E-state index contributed by atoms with van der Waals surface area (Å²) in [6, 6.07) is 6.40. The molecule has 1 heterocycles. The highest BCUT2D eigenvalue weighted by atomic mass is 35.5. The number of nitrogens with zero attached hydrogens (tertiary/aromatic N) is 2. The molecule has 1 saturated heterocycles. The van der Waals surface area contributed by atoms with Gasteiger partial charge in [-0.1, -0.05) is 6.92 Å². The second-order valence-corrected chi connectivity index (χ2v) is 5.35. The third-order valence-electron chi connectivity index (χ3n) is 3.49. The van der Waals surface area contributed by atoms with Gasteiger partial charge < -0.3 is 15.0 Å². The van der Waals surface area contributed by atoms with E-state index < -0.39 is 0 Å². The number of anilines is 1. The molecule has 0 aromatic heterocycles. The van der Waals surface area contributed by atoms with Gasteiger partial charge in [0.2, 0.25) is 0 Å². The molecule has 0 unspecified atom stereocenters. The van der Waals surface area contributed by atoms with Crippen LogP contribution in [0.2, 0.25) is 0 Å². The first-order chi connectivity index (χ1) is 9.65. The van der Waals surface area contributed by atoms with Gasteiger partial charge in [-0.05, 0) is 31.9 Å². The first-order valence-corrected chi connectivity index (χ1v) is 7.35. The molecule has 0 spiro atoms. The van der Waals surface area contributed by atoms with Gasteiger partial charge in [0.1, 0.15) is 11.8 Å². The van der Waals surface area contributed by atoms with E-state index in [4.69, 9.17) is 4.74 Å². The average Bonchev–Trinajstić information content (AvgIpc) is 2.46. The van der Waals surface area contributed by atoms with Crippen molar-refractivity contribution in [2.75, 3.05) is 31.1 Å². The van der Waals surface area contributed by atoms with Crippen LogP contribution in [-0.4, -0.2) is 32.3 Å². The molecule has 1 aromatic rings. The van der Waals surface area contributed by atoms with Crippen LogP contribution in [0.3, 0.4) is 0 Å². The predicted octanol–water partition coefficient (Wildman–Crippen LogP) is 2.74. The summed E-state index contributed by atoms with van der Waals surface area (Å²) in [7, 11) is 0. The highest BCUT2D eigenvalue weighted by Crippen LogP contribution is 2.30. The number of hydrogen-bond donors (Lipinski definition) is 1. The molecule has 0 aliphatic carbocycles. The monoisotopic (exact) mass is 309 g/mol. The standard InChI is InChI=1S/C16H23N3O.ClH/c1-4-13-9-14(20-12(2)3)10-16(15(13)11-17)19-7-5-18-6-8-19;/h9-10,12,18H,4-8H2,1-3H3;1H. The molecule has 1 N–H and O–H groups in total. The van der Waals surface area contributed by atoms with Crippen LogP contribution in [0.5, 0.6) is 5.75 Å². The summed E-state index contributed by atoms with van der Waals surface area (Å²) in [6.45, 7) is 9.91. The zero-order valence-electron chi connectivity index (χ0n) is 13.0. The largest absolute Gasteiger partial charge is 0.491 e. The van der Waals surface area contributed by atoms with Crippen molar-refractivity contribution in [3.63, 3.8) is 0 Å². The van der Waals surface area contributed by atoms with Gasteiger partial charge in [0.15, 0.2) is 0 Å². The SMILES string of the molecule is CCc1cc(OC(C)C)cc(N2CCNCC2)c1C#N.Cl. The molecule has 4 nitrogen and oxygen atoms in total. The minimum atomic E-state index is 0. The third-order valence-corrected chi connectivity index (χ3v) is 3.49. The van der Waals surface area contributed by atoms with E-state index in [1.54, 1.807) is 0 Å². The second-order valence-electron chi connectivity index (χ2n) is 5.35. The van der Waals surface area contributed by atoms with E-state index in [1.807, 2.05) is 26.0 Å². The molecule has 0 bridgehead atoms. The quantitative estimate of drug-likeness (QED) is 0.929. The van der Waals surface area contributed by atoms with E-state index in [-0.39, 0.29) is 18.5 Å². The van der Waals surface area contributed by atoms with Crippen molar-refractivity contribution in [2.45, 2.75) is 33.3 Å². The Balaban J connectivity index is 0.00000220. The molecule has 1 aromatic carbocycles. The number of hydrogen-bond acceptors (Lipinski definition) is 4. The maximum absolute atomic E-state index is 9.50. The summed E-state index contributed by atoms with van der Waals surface area (Å²) in [5.41, 5.74) is 2.88. The Labute approximate surface area is 133 Å². The van der Waals surface area contributed by atoms with E-state index in [2.05, 4.69) is 23.2 Å². The lowest BCUT2D eigenvalue weighted by Crippen LogP contribution is -2.43. The Morgan fingerprint density at radius 2 is 2.00 bits per heavy atom. The molecular formula is C16H24ClN3O. The van der Waals surface area contributed by atoms with Crippen LogP contribution in [0.4, 0.5) is 5.69 Å². The molecule has 1 aliphatic heterocycles. The highest BCUT2D eigenvalue weighted by molar-refractivity contribution is 5.85. The Morgan fingerprint density at radius 3 is 2.52 bits per heavy atom. The lowest BCUT2D eigenvalue weighted by molar-refractivity contribution is 0.242. The summed E-state index contributed by atoms with van der Waals surface area (Å²) >= 11 is 0. The van der Waals surface area contributed by atoms with Crippen molar-refractivity contribution in [2.24, 2.45) is 0 Å². The van der Waals surface area contributed by atoms with E-state index in [9.17, 15) is 5.26 Å². The first kappa shape index (κ1) is 17.6. The molecule has 0 amide bonds. The smallest absolute Gasteiger partial charge is 0.122 e. The second kappa shape index (κ2) is 8.11. The summed E-state index contributed by atoms with van der Waals surface area (Å²) in [5.74, 6) is 0.865. The molecule has 116 valence electrons. The fourth-order valence-electron chi connectivity index (χ4n) is 2.56. The summed E-state index contributed by atoms with van der Waals surface area (Å²) in [4.78, 5) is 2.28. The van der Waals surface area contributed by atoms with Crippen molar-refractivity contribution in [1.29, 1.82) is 5.26 Å². The van der Waals surface area contributed by atoms with Crippen molar-refractivity contribution in [3.8, 4) is 11.8 Å². The number of rotatable bonds is 4. The Kier molecular flexibility index (Phi) is 6.80. The minimum Gasteiger partial charge on any atom is -0.491 e. The summed E-state index contributed by atoms with van der Waals surface area (Å²) < 4.78 is 5.84. The van der Waals surface area contributed by atoms with Crippen molar-refractivity contribution in [3.05, 3.63) is 23.3 Å². The number of halogens is 1. The minimum absolute atomic E-state index is 0. The van der Waals surface area contributed by atoms with Gasteiger partial charge in [-0.15, -0.1) is 12.4 Å². The fraction of sp³-hybridized carbons (Fsp3) is 0.562. The van der Waals surface area contributed by atoms with Gasteiger partial charge in [-0.25, -0.2) is 0 Å². The zero-order chi connectivity index (χ0) is 14.5. The topological polar surface area (TPSA) is 48.3 Å². The van der Waals surface area contributed by atoms with Crippen LogP contribution < -0.4 is 15.0 Å². The normalized spacial score (nSPS) is 14.5. The lowest BCUT2D eigenvalue weighted by Gasteiger charge is -2.31. The zero-order valence-corrected chi connectivity index (χ0v) is 13.8. The number of benzene rings is 1. The highest BCUT2D eigenvalue weighted by Gasteiger charge is 2.18. The maximum atomic E-state index is 9.50. The molecule has 1 aliphatic rings. The van der Waals surface area contributed by atoms with E-state index in [0.717, 1.165) is 55.2 Å². The first-order valence-electron chi connectivity index (χ1n) is 7.35. The maximum Gasteiger partial charge on any atom is 0.122 e. The van der Waals surface area contributed by atoms with Crippen LogP contribution in [0.15, 0.2) is 12.1 Å². The van der Waals surface area contributed by atoms with Gasteiger partial charge in [-0.3, -0.25) is 0 Å². The van der Waals surface area contributed by atoms with Gasteiger partial charge in [0.25, 0.3) is 0 Å². The van der Waals surface area contributed by atoms with Crippen LogP contribution >= 0.6 is 12.4 Å². The molecule has 0 atom stereocenters. The Bertz CT molecular complexity index is 505. The molecular weight excluding hydrogens is 286 g/mol. The molecule has 21 heavy (non-hydrogen) atoms. The Morgan fingerprint density at radius 1 is 1.33 bits per heavy atom. The fourth-order valence-corrected chi connectivity index (χ4v) is 2.56. The van der Waals surface area contributed by atoms with Crippen LogP contribution in [0, 0.1) is 11.3 Å². The van der Waals surface area contributed by atoms with Crippen molar-refractivity contribution >= 4 is 18.1 Å².